The second kappa shape index (κ2) is 11.3. The Kier molecular flexibility index (Phi) is 8.46. The van der Waals surface area contributed by atoms with Crippen molar-refractivity contribution in [3.63, 3.8) is 0 Å². The molecule has 1 saturated heterocycles. The number of aryl methyl sites for hydroxylation is 1. The Morgan fingerprint density at radius 1 is 1.16 bits per heavy atom. The lowest BCUT2D eigenvalue weighted by Gasteiger charge is -2.30. The maximum absolute atomic E-state index is 12.5. The summed E-state index contributed by atoms with van der Waals surface area (Å²) in [5.41, 5.74) is 0.525. The Hall–Kier alpha value is -2.65. The summed E-state index contributed by atoms with van der Waals surface area (Å²) in [6, 6.07) is 6.95. The number of carbonyl (C=O) groups excluding carboxylic acids is 3. The fourth-order valence-corrected chi connectivity index (χ4v) is 4.29. The lowest BCUT2D eigenvalue weighted by molar-refractivity contribution is -0.151. The van der Waals surface area contributed by atoms with Crippen LogP contribution in [0.5, 0.6) is 5.75 Å². The first kappa shape index (κ1) is 24.0. The molecule has 0 spiro atoms. The van der Waals surface area contributed by atoms with E-state index >= 15 is 0 Å². The molecule has 0 atom stereocenters. The van der Waals surface area contributed by atoms with E-state index in [9.17, 15) is 14.4 Å². The van der Waals surface area contributed by atoms with Gasteiger partial charge < -0.3 is 19.1 Å². The fraction of sp³-hybridized carbons (Fsp3) is 0.455. The van der Waals surface area contributed by atoms with Crippen LogP contribution in [-0.4, -0.2) is 54.0 Å². The first-order valence-electron chi connectivity index (χ1n) is 10.3. The number of rotatable bonds is 8. The Bertz CT molecular complexity index is 954. The van der Waals surface area contributed by atoms with Crippen LogP contribution in [0.1, 0.15) is 40.1 Å². The number of amides is 1. The first-order chi connectivity index (χ1) is 15.4. The topological polar surface area (TPSA) is 95.0 Å². The minimum absolute atomic E-state index is 0.185. The molecule has 3 rings (SSSR count). The zero-order valence-corrected chi connectivity index (χ0v) is 19.5. The highest BCUT2D eigenvalue weighted by molar-refractivity contribution is 7.13. The minimum atomic E-state index is -0.590. The Labute approximate surface area is 195 Å². The molecule has 0 aliphatic carbocycles. The lowest BCUT2D eigenvalue weighted by Crippen LogP contribution is -2.42. The summed E-state index contributed by atoms with van der Waals surface area (Å²) in [7, 11) is 0. The van der Waals surface area contributed by atoms with E-state index in [1.165, 1.54) is 11.3 Å². The van der Waals surface area contributed by atoms with Crippen molar-refractivity contribution in [2.45, 2.75) is 33.3 Å². The summed E-state index contributed by atoms with van der Waals surface area (Å²) in [4.78, 5) is 43.0. The number of halogens is 1. The molecular weight excluding hydrogens is 456 g/mol. The molecule has 0 N–H and O–H groups in total. The van der Waals surface area contributed by atoms with E-state index in [4.69, 9.17) is 25.8 Å². The average molecular weight is 481 g/mol. The maximum Gasteiger partial charge on any atom is 0.350 e. The van der Waals surface area contributed by atoms with Crippen LogP contribution in [0, 0.1) is 12.8 Å². The van der Waals surface area contributed by atoms with Crippen molar-refractivity contribution < 1.29 is 28.6 Å². The summed E-state index contributed by atoms with van der Waals surface area (Å²) in [5.74, 6) is -0.636. The quantitative estimate of drug-likeness (QED) is 0.532. The van der Waals surface area contributed by atoms with Gasteiger partial charge in [-0.05, 0) is 51.0 Å². The number of carbonyl (C=O) groups is 3. The largest absolute Gasteiger partial charge is 0.486 e. The molecule has 0 bridgehead atoms. The van der Waals surface area contributed by atoms with Crippen LogP contribution in [0.4, 0.5) is 0 Å². The molecule has 1 aliphatic heterocycles. The molecule has 32 heavy (non-hydrogen) atoms. The van der Waals surface area contributed by atoms with E-state index in [-0.39, 0.29) is 31.0 Å². The van der Waals surface area contributed by atoms with Crippen molar-refractivity contribution in [1.82, 2.24) is 9.88 Å². The van der Waals surface area contributed by atoms with Crippen LogP contribution >= 0.6 is 22.9 Å². The van der Waals surface area contributed by atoms with E-state index in [1.54, 1.807) is 43.0 Å². The number of likely N-dealkylation sites (tertiary alicyclic amines) is 1. The van der Waals surface area contributed by atoms with Gasteiger partial charge in [0, 0.05) is 18.1 Å². The number of ether oxygens (including phenoxy) is 3. The Balaban J connectivity index is 1.46. The first-order valence-corrected chi connectivity index (χ1v) is 11.5. The summed E-state index contributed by atoms with van der Waals surface area (Å²) in [6.45, 7) is 4.55. The molecular formula is C22H25ClN2O6S. The molecule has 1 amide bonds. The standard InChI is InChI=1S/C22H25ClN2O6S/c1-3-29-21(27)15-8-10-25(11-9-15)19(26)13-31-22(28)20-14(2)24-18(32-20)12-30-17-6-4-16(23)5-7-17/h4-7,15H,3,8-13H2,1-2H3. The van der Waals surface area contributed by atoms with Crippen LogP contribution in [0.25, 0.3) is 0 Å². The van der Waals surface area contributed by atoms with Crippen LogP contribution in [0.3, 0.4) is 0 Å². The van der Waals surface area contributed by atoms with Crippen molar-refractivity contribution in [3.8, 4) is 5.75 Å². The number of thiazole rings is 1. The molecule has 2 aromatic rings. The van der Waals surface area contributed by atoms with Gasteiger partial charge in [0.05, 0.1) is 18.2 Å². The number of benzene rings is 1. The SMILES string of the molecule is CCOC(=O)C1CCN(C(=O)COC(=O)c2sc(COc3ccc(Cl)cc3)nc2C)CC1. The smallest absolute Gasteiger partial charge is 0.350 e. The molecule has 0 saturated carbocycles. The highest BCUT2D eigenvalue weighted by Gasteiger charge is 2.29. The van der Waals surface area contributed by atoms with Gasteiger partial charge in [-0.3, -0.25) is 9.59 Å². The zero-order valence-electron chi connectivity index (χ0n) is 18.0. The molecule has 0 unspecified atom stereocenters. The van der Waals surface area contributed by atoms with Crippen LogP contribution in [0.15, 0.2) is 24.3 Å². The van der Waals surface area contributed by atoms with Gasteiger partial charge in [-0.25, -0.2) is 9.78 Å². The highest BCUT2D eigenvalue weighted by atomic mass is 35.5. The zero-order chi connectivity index (χ0) is 23.1. The molecule has 172 valence electrons. The second-order valence-corrected chi connectivity index (χ2v) is 8.77. The van der Waals surface area contributed by atoms with E-state index < -0.39 is 5.97 Å². The predicted molar refractivity (Wildman–Crippen MR) is 119 cm³/mol. The van der Waals surface area contributed by atoms with Gasteiger partial charge in [0.1, 0.15) is 22.2 Å². The van der Waals surface area contributed by atoms with Gasteiger partial charge in [-0.1, -0.05) is 11.6 Å². The molecule has 1 aliphatic rings. The van der Waals surface area contributed by atoms with Crippen molar-refractivity contribution in [1.29, 1.82) is 0 Å². The molecule has 8 nitrogen and oxygen atoms in total. The third-order valence-electron chi connectivity index (χ3n) is 5.00. The number of esters is 2. The summed E-state index contributed by atoms with van der Waals surface area (Å²) >= 11 is 7.03. The molecule has 10 heteroatoms. The lowest BCUT2D eigenvalue weighted by atomic mass is 9.97. The van der Waals surface area contributed by atoms with Gasteiger partial charge in [-0.2, -0.15) is 0 Å². The van der Waals surface area contributed by atoms with E-state index in [1.807, 2.05) is 0 Å². The van der Waals surface area contributed by atoms with E-state index in [0.717, 1.165) is 0 Å². The third-order valence-corrected chi connectivity index (χ3v) is 6.36. The summed E-state index contributed by atoms with van der Waals surface area (Å²) < 4.78 is 15.9. The fourth-order valence-electron chi connectivity index (χ4n) is 3.29. The van der Waals surface area contributed by atoms with Crippen molar-refractivity contribution in [3.05, 3.63) is 44.9 Å². The van der Waals surface area contributed by atoms with Gasteiger partial charge in [0.15, 0.2) is 6.61 Å². The molecule has 1 aromatic heterocycles. The monoisotopic (exact) mass is 480 g/mol. The van der Waals surface area contributed by atoms with Gasteiger partial charge in [0.2, 0.25) is 0 Å². The molecule has 1 fully saturated rings. The average Bonchev–Trinajstić information content (AvgIpc) is 3.17. The summed E-state index contributed by atoms with van der Waals surface area (Å²) in [6.07, 6.45) is 1.09. The predicted octanol–water partition coefficient (Wildman–Crippen LogP) is 3.64. The van der Waals surface area contributed by atoms with Gasteiger partial charge >= 0.3 is 11.9 Å². The van der Waals surface area contributed by atoms with Crippen molar-refractivity contribution in [2.24, 2.45) is 5.92 Å². The maximum atomic E-state index is 12.5. The third kappa shape index (κ3) is 6.43. The second-order valence-electron chi connectivity index (χ2n) is 7.25. The van der Waals surface area contributed by atoms with Gasteiger partial charge in [0.25, 0.3) is 5.91 Å². The minimum Gasteiger partial charge on any atom is -0.486 e. The van der Waals surface area contributed by atoms with Crippen molar-refractivity contribution in [2.75, 3.05) is 26.3 Å². The molecule has 1 aromatic carbocycles. The summed E-state index contributed by atoms with van der Waals surface area (Å²) in [5, 5.41) is 1.24. The Morgan fingerprint density at radius 2 is 1.84 bits per heavy atom. The van der Waals surface area contributed by atoms with Crippen LogP contribution < -0.4 is 4.74 Å². The normalized spacial score (nSPS) is 14.2. The van der Waals surface area contributed by atoms with Gasteiger partial charge in [-0.15, -0.1) is 11.3 Å². The number of aromatic nitrogens is 1. The molecule has 0 radical (unpaired) electrons. The van der Waals surface area contributed by atoms with E-state index in [0.29, 0.717) is 58.9 Å². The van der Waals surface area contributed by atoms with E-state index in [2.05, 4.69) is 4.98 Å². The number of piperidine rings is 1. The number of hydrogen-bond donors (Lipinski definition) is 0. The molecule has 2 heterocycles. The number of hydrogen-bond acceptors (Lipinski definition) is 8. The highest BCUT2D eigenvalue weighted by Crippen LogP contribution is 2.23. The van der Waals surface area contributed by atoms with Crippen LogP contribution in [0.2, 0.25) is 5.02 Å². The van der Waals surface area contributed by atoms with Crippen molar-refractivity contribution >= 4 is 40.8 Å². The van der Waals surface area contributed by atoms with Crippen LogP contribution in [-0.2, 0) is 25.7 Å². The Morgan fingerprint density at radius 3 is 2.50 bits per heavy atom. The number of nitrogens with zero attached hydrogens (tertiary/aromatic N) is 2.